The highest BCUT2D eigenvalue weighted by atomic mass is 19.1. The normalized spacial score (nSPS) is 24.8. The molecule has 3 N–H and O–H groups in total. The van der Waals surface area contributed by atoms with Gasteiger partial charge in [0.25, 0.3) is 5.56 Å². The molecule has 1 unspecified atom stereocenters. The number of aromatic nitrogens is 2. The number of alkyl halides is 1. The molecule has 24 heavy (non-hydrogen) atoms. The van der Waals surface area contributed by atoms with Gasteiger partial charge in [0.05, 0.1) is 19.3 Å². The Morgan fingerprint density at radius 1 is 1.58 bits per heavy atom. The van der Waals surface area contributed by atoms with Gasteiger partial charge in [0.15, 0.2) is 0 Å². The highest BCUT2D eigenvalue weighted by Gasteiger charge is 2.35. The maximum absolute atomic E-state index is 13.8. The molecule has 10 heteroatoms. The Morgan fingerprint density at radius 2 is 2.29 bits per heavy atom. The van der Waals surface area contributed by atoms with E-state index < -0.39 is 54.9 Å². The maximum atomic E-state index is 13.8. The number of carbonyl (C=O) groups is 1. The zero-order chi connectivity index (χ0) is 17.9. The van der Waals surface area contributed by atoms with Gasteiger partial charge in [0, 0.05) is 24.6 Å². The molecule has 1 aromatic rings. The summed E-state index contributed by atoms with van der Waals surface area (Å²) < 4.78 is 24.7. The molecule has 1 saturated heterocycles. The second-order valence-corrected chi connectivity index (χ2v) is 5.36. The van der Waals surface area contributed by atoms with Crippen molar-refractivity contribution in [2.24, 2.45) is 0 Å². The second kappa shape index (κ2) is 7.69. The van der Waals surface area contributed by atoms with Crippen LogP contribution in [-0.4, -0.2) is 57.3 Å². The lowest BCUT2D eigenvalue weighted by Gasteiger charge is -2.15. The van der Waals surface area contributed by atoms with Crippen molar-refractivity contribution in [3.8, 4) is 0 Å². The lowest BCUT2D eigenvalue weighted by molar-refractivity contribution is -0.149. The average Bonchev–Trinajstić information content (AvgIpc) is 2.90. The standard InChI is InChI=1S/C14H19FN2O7/c1-2-23-13(21)8(15)3-7-5-17(14(22)16-12(7)20)11-4-9(19)10(6-18)24-11/h5,8-11,18-19H,2-4,6H2,1H3,(H,16,20,22)/t8?,9-,10-,11-/m1/s1. The molecule has 0 amide bonds. The van der Waals surface area contributed by atoms with Crippen molar-refractivity contribution in [2.75, 3.05) is 13.2 Å². The SMILES string of the molecule is CCOC(=O)C(F)Cc1cn([C@H]2C[C@@H](O)[C@@H](CO)O2)c(=O)[nH]c1=O. The summed E-state index contributed by atoms with van der Waals surface area (Å²) in [5, 5.41) is 18.8. The van der Waals surface area contributed by atoms with E-state index in [-0.39, 0.29) is 18.6 Å². The summed E-state index contributed by atoms with van der Waals surface area (Å²) in [5.74, 6) is -1.09. The van der Waals surface area contributed by atoms with Crippen LogP contribution in [0.25, 0.3) is 0 Å². The zero-order valence-electron chi connectivity index (χ0n) is 13.0. The molecule has 1 fully saturated rings. The monoisotopic (exact) mass is 346 g/mol. The number of aliphatic hydroxyl groups is 2. The van der Waals surface area contributed by atoms with Crippen molar-refractivity contribution in [1.29, 1.82) is 0 Å². The van der Waals surface area contributed by atoms with Crippen LogP contribution in [-0.2, 0) is 20.7 Å². The Kier molecular flexibility index (Phi) is 5.86. The summed E-state index contributed by atoms with van der Waals surface area (Å²) >= 11 is 0. The number of carbonyl (C=O) groups excluding carboxylic acids is 1. The maximum Gasteiger partial charge on any atom is 0.341 e. The number of rotatable bonds is 6. The molecule has 134 valence electrons. The predicted octanol–water partition coefficient (Wildman–Crippen LogP) is -1.38. The van der Waals surface area contributed by atoms with Gasteiger partial charge in [0.1, 0.15) is 12.3 Å². The van der Waals surface area contributed by atoms with Crippen LogP contribution >= 0.6 is 0 Å². The van der Waals surface area contributed by atoms with Gasteiger partial charge >= 0.3 is 11.7 Å². The van der Waals surface area contributed by atoms with E-state index in [1.54, 1.807) is 0 Å². The third kappa shape index (κ3) is 3.89. The summed E-state index contributed by atoms with van der Waals surface area (Å²) in [6, 6.07) is 0. The summed E-state index contributed by atoms with van der Waals surface area (Å²) in [4.78, 5) is 37.0. The summed E-state index contributed by atoms with van der Waals surface area (Å²) in [5.41, 5.74) is -1.76. The molecular weight excluding hydrogens is 327 g/mol. The van der Waals surface area contributed by atoms with E-state index in [1.165, 1.54) is 6.92 Å². The molecule has 0 saturated carbocycles. The minimum atomic E-state index is -2.04. The molecule has 0 radical (unpaired) electrons. The number of hydrogen-bond donors (Lipinski definition) is 3. The highest BCUT2D eigenvalue weighted by Crippen LogP contribution is 2.27. The Hall–Kier alpha value is -2.04. The van der Waals surface area contributed by atoms with Crippen molar-refractivity contribution in [1.82, 2.24) is 9.55 Å². The minimum absolute atomic E-state index is 0.00542. The first-order valence-electron chi connectivity index (χ1n) is 7.46. The van der Waals surface area contributed by atoms with Crippen LogP contribution in [0.5, 0.6) is 0 Å². The molecule has 9 nitrogen and oxygen atoms in total. The molecule has 2 rings (SSSR count). The number of nitrogens with zero attached hydrogens (tertiary/aromatic N) is 1. The van der Waals surface area contributed by atoms with E-state index in [2.05, 4.69) is 4.74 Å². The van der Waals surface area contributed by atoms with Crippen LogP contribution in [0.2, 0.25) is 0 Å². The van der Waals surface area contributed by atoms with Gasteiger partial charge in [-0.05, 0) is 6.92 Å². The van der Waals surface area contributed by atoms with Crippen molar-refractivity contribution >= 4 is 5.97 Å². The van der Waals surface area contributed by atoms with E-state index in [0.717, 1.165) is 10.8 Å². The van der Waals surface area contributed by atoms with Crippen LogP contribution in [0.3, 0.4) is 0 Å². The van der Waals surface area contributed by atoms with E-state index >= 15 is 0 Å². The Balaban J connectivity index is 2.24. The summed E-state index contributed by atoms with van der Waals surface area (Å²) in [6.07, 6.45) is -4.25. The third-order valence-corrected chi connectivity index (χ3v) is 3.68. The first-order chi connectivity index (χ1) is 11.4. The largest absolute Gasteiger partial charge is 0.464 e. The number of H-pyrrole nitrogens is 1. The molecule has 0 spiro atoms. The molecular formula is C14H19FN2O7. The number of esters is 1. The molecule has 1 aromatic heterocycles. The summed E-state index contributed by atoms with van der Waals surface area (Å²) in [6.45, 7) is 1.10. The fourth-order valence-electron chi connectivity index (χ4n) is 2.45. The number of aliphatic hydroxyl groups excluding tert-OH is 2. The second-order valence-electron chi connectivity index (χ2n) is 5.36. The number of aromatic amines is 1. The molecule has 4 atom stereocenters. The first-order valence-corrected chi connectivity index (χ1v) is 7.46. The fourth-order valence-corrected chi connectivity index (χ4v) is 2.45. The molecule has 0 aromatic carbocycles. The number of nitrogens with one attached hydrogen (secondary N) is 1. The van der Waals surface area contributed by atoms with Gasteiger partial charge < -0.3 is 19.7 Å². The van der Waals surface area contributed by atoms with E-state index in [0.29, 0.717) is 0 Å². The zero-order valence-corrected chi connectivity index (χ0v) is 13.0. The van der Waals surface area contributed by atoms with Crippen molar-refractivity contribution in [3.05, 3.63) is 32.6 Å². The Labute approximate surface area is 135 Å². The van der Waals surface area contributed by atoms with Crippen molar-refractivity contribution < 1.29 is 28.9 Å². The predicted molar refractivity (Wildman–Crippen MR) is 78.2 cm³/mol. The van der Waals surface area contributed by atoms with Gasteiger partial charge in [-0.15, -0.1) is 0 Å². The molecule has 2 heterocycles. The summed E-state index contributed by atoms with van der Waals surface area (Å²) in [7, 11) is 0. The Morgan fingerprint density at radius 3 is 2.88 bits per heavy atom. The number of ether oxygens (including phenoxy) is 2. The quantitative estimate of drug-likeness (QED) is 0.541. The molecule has 0 aliphatic carbocycles. The average molecular weight is 346 g/mol. The van der Waals surface area contributed by atoms with E-state index in [4.69, 9.17) is 9.84 Å². The smallest absolute Gasteiger partial charge is 0.341 e. The van der Waals surface area contributed by atoms with Gasteiger partial charge in [0.2, 0.25) is 6.17 Å². The van der Waals surface area contributed by atoms with Crippen molar-refractivity contribution in [2.45, 2.75) is 44.4 Å². The van der Waals surface area contributed by atoms with Crippen LogP contribution in [0.4, 0.5) is 4.39 Å². The van der Waals surface area contributed by atoms with E-state index in [9.17, 15) is 23.9 Å². The number of halogens is 1. The molecule has 0 bridgehead atoms. The Bertz CT molecular complexity index is 701. The first kappa shape index (κ1) is 18.3. The lowest BCUT2D eigenvalue weighted by atomic mass is 10.1. The highest BCUT2D eigenvalue weighted by molar-refractivity contribution is 5.74. The van der Waals surface area contributed by atoms with Gasteiger partial charge in [-0.2, -0.15) is 0 Å². The van der Waals surface area contributed by atoms with Crippen LogP contribution in [0.15, 0.2) is 15.8 Å². The van der Waals surface area contributed by atoms with Gasteiger partial charge in [-0.25, -0.2) is 14.0 Å². The molecule has 1 aliphatic rings. The minimum Gasteiger partial charge on any atom is -0.464 e. The van der Waals surface area contributed by atoms with Gasteiger partial charge in [-0.1, -0.05) is 0 Å². The van der Waals surface area contributed by atoms with Crippen LogP contribution in [0, 0.1) is 0 Å². The van der Waals surface area contributed by atoms with Crippen molar-refractivity contribution in [3.63, 3.8) is 0 Å². The van der Waals surface area contributed by atoms with Gasteiger partial charge in [-0.3, -0.25) is 14.3 Å². The van der Waals surface area contributed by atoms with E-state index in [1.807, 2.05) is 4.98 Å². The van der Waals surface area contributed by atoms with Crippen LogP contribution in [0.1, 0.15) is 25.1 Å². The third-order valence-electron chi connectivity index (χ3n) is 3.68. The topological polar surface area (TPSA) is 131 Å². The molecule has 1 aliphatic heterocycles. The van der Waals surface area contributed by atoms with Crippen LogP contribution < -0.4 is 11.2 Å². The number of hydrogen-bond acceptors (Lipinski definition) is 7. The fraction of sp³-hybridized carbons (Fsp3) is 0.643. The lowest BCUT2D eigenvalue weighted by Crippen LogP contribution is -2.35.